The van der Waals surface area contributed by atoms with Gasteiger partial charge in [-0.05, 0) is 29.9 Å². The first-order valence-corrected chi connectivity index (χ1v) is 10.0. The van der Waals surface area contributed by atoms with E-state index in [1.165, 1.54) is 36.9 Å². The summed E-state index contributed by atoms with van der Waals surface area (Å²) < 4.78 is 27.8. The Morgan fingerprint density at radius 2 is 1.58 bits per heavy atom. The molecule has 3 heteroatoms. The summed E-state index contributed by atoms with van der Waals surface area (Å²) in [6.07, 6.45) is 5.46. The van der Waals surface area contributed by atoms with Crippen molar-refractivity contribution in [2.24, 2.45) is 11.8 Å². The highest BCUT2D eigenvalue weighted by Crippen LogP contribution is 2.30. The maximum Gasteiger partial charge on any atom is 0.166 e. The lowest BCUT2D eigenvalue weighted by molar-refractivity contribution is 0.307. The van der Waals surface area contributed by atoms with Crippen LogP contribution in [0.15, 0.2) is 36.4 Å². The van der Waals surface area contributed by atoms with Crippen molar-refractivity contribution < 1.29 is 8.78 Å². The van der Waals surface area contributed by atoms with Gasteiger partial charge >= 0.3 is 0 Å². The van der Waals surface area contributed by atoms with E-state index in [0.717, 1.165) is 26.9 Å². The highest BCUT2D eigenvalue weighted by molar-refractivity contribution is 6.53. The van der Waals surface area contributed by atoms with Crippen LogP contribution in [0.25, 0.3) is 11.1 Å². The molecule has 2 radical (unpaired) electrons. The lowest BCUT2D eigenvalue weighted by atomic mass is 9.84. The van der Waals surface area contributed by atoms with E-state index in [-0.39, 0.29) is 0 Å². The fourth-order valence-electron chi connectivity index (χ4n) is 3.43. The van der Waals surface area contributed by atoms with Crippen molar-refractivity contribution in [3.05, 3.63) is 53.6 Å². The molecule has 2 aromatic carbocycles. The van der Waals surface area contributed by atoms with Gasteiger partial charge < -0.3 is 0 Å². The first-order chi connectivity index (χ1) is 11.5. The minimum atomic E-state index is -0.749. The van der Waals surface area contributed by atoms with Gasteiger partial charge in [-0.3, -0.25) is 0 Å². The molecule has 0 heterocycles. The third kappa shape index (κ3) is 3.94. The Labute approximate surface area is 146 Å². The van der Waals surface area contributed by atoms with Crippen molar-refractivity contribution in [1.82, 2.24) is 0 Å². The fourth-order valence-corrected chi connectivity index (χ4v) is 4.77. The predicted molar refractivity (Wildman–Crippen MR) is 97.8 cm³/mol. The maximum atomic E-state index is 14.1. The number of aryl methyl sites for hydroxylation is 1. The molecule has 0 N–H and O–H groups in total. The average Bonchev–Trinajstić information content (AvgIpc) is 2.60. The summed E-state index contributed by atoms with van der Waals surface area (Å²) in [5, 5.41) is 1.31. The Morgan fingerprint density at radius 3 is 2.25 bits per heavy atom. The highest BCUT2D eigenvalue weighted by Gasteiger charge is 2.18. The summed E-state index contributed by atoms with van der Waals surface area (Å²) >= 11 is 0. The second-order valence-electron chi connectivity index (χ2n) is 7.14. The number of hydrogen-bond donors (Lipinski definition) is 0. The van der Waals surface area contributed by atoms with Crippen molar-refractivity contribution in [3.63, 3.8) is 0 Å². The summed E-state index contributed by atoms with van der Waals surface area (Å²) in [5.74, 6) is 0.267. The van der Waals surface area contributed by atoms with Crippen LogP contribution in [0.4, 0.5) is 8.78 Å². The molecule has 0 saturated heterocycles. The molecule has 1 fully saturated rings. The molecule has 1 saturated carbocycles. The molecule has 24 heavy (non-hydrogen) atoms. The van der Waals surface area contributed by atoms with Crippen molar-refractivity contribution in [2.45, 2.75) is 45.6 Å². The average molecular weight is 343 g/mol. The molecule has 0 amide bonds. The number of rotatable bonds is 4. The number of benzene rings is 2. The normalized spacial score (nSPS) is 21.0. The Morgan fingerprint density at radius 1 is 0.917 bits per heavy atom. The van der Waals surface area contributed by atoms with E-state index in [4.69, 9.17) is 0 Å². The molecular formula is C21H24F2Si. The maximum absolute atomic E-state index is 14.1. The van der Waals surface area contributed by atoms with E-state index in [1.807, 2.05) is 12.1 Å². The summed E-state index contributed by atoms with van der Waals surface area (Å²) in [6, 6.07) is 12.5. The molecule has 2 aromatic rings. The minimum absolute atomic E-state index is 0.342. The van der Waals surface area contributed by atoms with Crippen LogP contribution in [0, 0.1) is 30.4 Å². The van der Waals surface area contributed by atoms with Gasteiger partial charge in [0.15, 0.2) is 11.6 Å². The lowest BCUT2D eigenvalue weighted by Gasteiger charge is -2.25. The smallest absolute Gasteiger partial charge is 0.166 e. The van der Waals surface area contributed by atoms with Gasteiger partial charge in [0.05, 0.1) is 9.52 Å². The van der Waals surface area contributed by atoms with Crippen LogP contribution in [-0.4, -0.2) is 9.52 Å². The van der Waals surface area contributed by atoms with Gasteiger partial charge in [-0.1, -0.05) is 80.2 Å². The molecule has 1 aliphatic carbocycles. The van der Waals surface area contributed by atoms with Crippen LogP contribution in [0.1, 0.15) is 38.2 Å². The lowest BCUT2D eigenvalue weighted by Crippen LogP contribution is -2.20. The van der Waals surface area contributed by atoms with E-state index < -0.39 is 11.6 Å². The number of halogens is 2. The van der Waals surface area contributed by atoms with Crippen molar-refractivity contribution in [2.75, 3.05) is 0 Å². The molecule has 3 rings (SSSR count). The topological polar surface area (TPSA) is 0 Å². The molecule has 0 atom stereocenters. The fraction of sp³-hybridized carbons (Fsp3) is 0.429. The van der Waals surface area contributed by atoms with Crippen molar-refractivity contribution >= 4 is 14.7 Å². The minimum Gasteiger partial charge on any atom is -0.203 e. The molecule has 0 aliphatic heterocycles. The highest BCUT2D eigenvalue weighted by atomic mass is 28.2. The molecule has 0 nitrogen and oxygen atoms in total. The quantitative estimate of drug-likeness (QED) is 0.642. The SMILES string of the molecule is Cc1ccc(-c2ccc([Si]CC3CCC(C)CC3)cc2)c(F)c1F. The van der Waals surface area contributed by atoms with E-state index >= 15 is 0 Å². The third-order valence-corrected chi connectivity index (χ3v) is 6.72. The Balaban J connectivity index is 1.64. The largest absolute Gasteiger partial charge is 0.203 e. The van der Waals surface area contributed by atoms with E-state index in [1.54, 1.807) is 19.1 Å². The molecule has 1 aliphatic rings. The van der Waals surface area contributed by atoms with Crippen LogP contribution >= 0.6 is 0 Å². The molecule has 0 spiro atoms. The van der Waals surface area contributed by atoms with Crippen LogP contribution in [0.2, 0.25) is 6.04 Å². The summed E-state index contributed by atoms with van der Waals surface area (Å²) in [5.41, 5.74) is 1.43. The van der Waals surface area contributed by atoms with Crippen molar-refractivity contribution in [1.29, 1.82) is 0 Å². The van der Waals surface area contributed by atoms with Crippen LogP contribution < -0.4 is 5.19 Å². The molecule has 0 aromatic heterocycles. The second-order valence-corrected chi connectivity index (χ2v) is 8.48. The van der Waals surface area contributed by atoms with Gasteiger partial charge in [-0.25, -0.2) is 8.78 Å². The van der Waals surface area contributed by atoms with Crippen LogP contribution in [0.5, 0.6) is 0 Å². The predicted octanol–water partition coefficient (Wildman–Crippen LogP) is 5.51. The summed E-state index contributed by atoms with van der Waals surface area (Å²) in [7, 11) is 0.807. The Hall–Kier alpha value is -1.48. The molecule has 126 valence electrons. The first-order valence-electron chi connectivity index (χ1n) is 8.83. The van der Waals surface area contributed by atoms with Crippen LogP contribution in [0.3, 0.4) is 0 Å². The van der Waals surface area contributed by atoms with Gasteiger partial charge in [0.2, 0.25) is 0 Å². The van der Waals surface area contributed by atoms with Gasteiger partial charge in [0, 0.05) is 5.56 Å². The van der Waals surface area contributed by atoms with E-state index in [2.05, 4.69) is 19.1 Å². The van der Waals surface area contributed by atoms with Gasteiger partial charge in [-0.2, -0.15) is 0 Å². The van der Waals surface area contributed by atoms with E-state index in [9.17, 15) is 8.78 Å². The van der Waals surface area contributed by atoms with Crippen LogP contribution in [-0.2, 0) is 0 Å². The third-order valence-electron chi connectivity index (χ3n) is 5.20. The zero-order valence-electron chi connectivity index (χ0n) is 14.4. The Bertz CT molecular complexity index is 686. The van der Waals surface area contributed by atoms with Crippen molar-refractivity contribution in [3.8, 4) is 11.1 Å². The zero-order valence-corrected chi connectivity index (χ0v) is 15.4. The standard InChI is InChI=1S/C21H24F2Si/c1-14-3-6-16(7-4-14)13-24-18-10-8-17(9-11-18)19-12-5-15(2)20(22)21(19)23/h5,8-12,14,16H,3-4,6-7,13H2,1-2H3. The molecule has 0 bridgehead atoms. The zero-order chi connectivity index (χ0) is 17.1. The molecule has 0 unspecified atom stereocenters. The van der Waals surface area contributed by atoms with Gasteiger partial charge in [0.25, 0.3) is 0 Å². The van der Waals surface area contributed by atoms with E-state index in [0.29, 0.717) is 11.1 Å². The first kappa shape index (κ1) is 17.3. The molecular weight excluding hydrogens is 318 g/mol. The summed E-state index contributed by atoms with van der Waals surface area (Å²) in [6.45, 7) is 3.93. The summed E-state index contributed by atoms with van der Waals surface area (Å²) in [4.78, 5) is 0. The monoisotopic (exact) mass is 342 g/mol. The van der Waals surface area contributed by atoms with Gasteiger partial charge in [-0.15, -0.1) is 0 Å². The van der Waals surface area contributed by atoms with Gasteiger partial charge in [0.1, 0.15) is 0 Å². The Kier molecular flexibility index (Phi) is 5.49. The number of hydrogen-bond acceptors (Lipinski definition) is 0. The second kappa shape index (κ2) is 7.60.